The molecule has 0 atom stereocenters. The van der Waals surface area contributed by atoms with Crippen LogP contribution in [0.15, 0.2) is 43.2 Å². The Morgan fingerprint density at radius 2 is 2.05 bits per heavy atom. The maximum Gasteiger partial charge on any atom is 0.198 e. The summed E-state index contributed by atoms with van der Waals surface area (Å²) in [5.41, 5.74) is 1.62. The molecule has 0 saturated carbocycles. The molecule has 0 aliphatic heterocycles. The largest absolute Gasteiger partial charge is 0.489 e. The molecule has 0 fully saturated rings. The van der Waals surface area contributed by atoms with Crippen molar-refractivity contribution in [3.63, 3.8) is 0 Å². The van der Waals surface area contributed by atoms with E-state index in [-0.39, 0.29) is 11.9 Å². The summed E-state index contributed by atoms with van der Waals surface area (Å²) in [6.45, 7) is 3.84. The highest BCUT2D eigenvalue weighted by Gasteiger charge is 2.16. The third kappa shape index (κ3) is 2.60. The zero-order chi connectivity index (χ0) is 14.8. The predicted molar refractivity (Wildman–Crippen MR) is 76.4 cm³/mol. The molecule has 3 aromatic heterocycles. The summed E-state index contributed by atoms with van der Waals surface area (Å²) < 4.78 is 7.18. The molecule has 3 rings (SSSR count). The summed E-state index contributed by atoms with van der Waals surface area (Å²) in [6, 6.07) is 1.69. The van der Waals surface area contributed by atoms with Gasteiger partial charge in [-0.2, -0.15) is 5.10 Å². The fourth-order valence-electron chi connectivity index (χ4n) is 2.04. The quantitative estimate of drug-likeness (QED) is 0.686. The van der Waals surface area contributed by atoms with Gasteiger partial charge in [0, 0.05) is 24.2 Å². The summed E-state index contributed by atoms with van der Waals surface area (Å²) in [5.74, 6) is 0.421. The minimum absolute atomic E-state index is 0.0262. The number of fused-ring (bicyclic) bond motifs is 1. The summed E-state index contributed by atoms with van der Waals surface area (Å²) in [4.78, 5) is 20.7. The van der Waals surface area contributed by atoms with E-state index in [9.17, 15) is 4.79 Å². The van der Waals surface area contributed by atoms with Crippen molar-refractivity contribution < 1.29 is 9.53 Å². The molecule has 0 spiro atoms. The Hall–Kier alpha value is -2.76. The molecule has 106 valence electrons. The molecule has 0 saturated heterocycles. The number of ketones is 1. The molecule has 0 radical (unpaired) electrons. The van der Waals surface area contributed by atoms with Gasteiger partial charge in [0.1, 0.15) is 5.75 Å². The molecule has 0 aromatic carbocycles. The number of pyridine rings is 1. The van der Waals surface area contributed by atoms with Crippen LogP contribution in [-0.2, 0) is 0 Å². The second kappa shape index (κ2) is 5.32. The maximum atomic E-state index is 12.6. The highest BCUT2D eigenvalue weighted by molar-refractivity contribution is 6.12. The average Bonchev–Trinajstić information content (AvgIpc) is 2.90. The van der Waals surface area contributed by atoms with Gasteiger partial charge in [-0.15, -0.1) is 0 Å². The van der Waals surface area contributed by atoms with Crippen LogP contribution < -0.4 is 4.74 Å². The molecule has 0 amide bonds. The van der Waals surface area contributed by atoms with E-state index < -0.39 is 0 Å². The van der Waals surface area contributed by atoms with Gasteiger partial charge >= 0.3 is 0 Å². The monoisotopic (exact) mass is 282 g/mol. The van der Waals surface area contributed by atoms with E-state index in [0.29, 0.717) is 22.4 Å². The molecule has 0 aliphatic carbocycles. The summed E-state index contributed by atoms with van der Waals surface area (Å²) in [5, 5.41) is 4.14. The van der Waals surface area contributed by atoms with Crippen molar-refractivity contribution in [1.82, 2.24) is 19.6 Å². The van der Waals surface area contributed by atoms with Crippen molar-refractivity contribution in [2.75, 3.05) is 0 Å². The highest BCUT2D eigenvalue weighted by Crippen LogP contribution is 2.18. The molecule has 6 heteroatoms. The molecule has 0 aliphatic rings. The molecular formula is C15H14N4O2. The molecule has 0 N–H and O–H groups in total. The number of rotatable bonds is 4. The lowest BCUT2D eigenvalue weighted by Crippen LogP contribution is -2.07. The van der Waals surface area contributed by atoms with Crippen molar-refractivity contribution in [2.24, 2.45) is 0 Å². The minimum atomic E-state index is -0.153. The fraction of sp³-hybridized carbons (Fsp3) is 0.200. The Labute approximate surface area is 121 Å². The van der Waals surface area contributed by atoms with Crippen LogP contribution in [0.3, 0.4) is 0 Å². The Balaban J connectivity index is 1.98. The lowest BCUT2D eigenvalue weighted by Gasteiger charge is -2.09. The third-order valence-corrected chi connectivity index (χ3v) is 2.92. The first-order valence-corrected chi connectivity index (χ1v) is 6.59. The van der Waals surface area contributed by atoms with Crippen molar-refractivity contribution in [3.05, 3.63) is 54.4 Å². The lowest BCUT2D eigenvalue weighted by atomic mass is 10.1. The third-order valence-electron chi connectivity index (χ3n) is 2.92. The number of hydrogen-bond donors (Lipinski definition) is 0. The van der Waals surface area contributed by atoms with E-state index >= 15 is 0 Å². The first kappa shape index (κ1) is 13.2. The molecular weight excluding hydrogens is 268 g/mol. The zero-order valence-corrected chi connectivity index (χ0v) is 11.7. The van der Waals surface area contributed by atoms with Crippen molar-refractivity contribution >= 4 is 11.3 Å². The maximum absolute atomic E-state index is 12.6. The zero-order valence-electron chi connectivity index (χ0n) is 11.7. The van der Waals surface area contributed by atoms with Crippen LogP contribution in [0.25, 0.3) is 5.52 Å². The van der Waals surface area contributed by atoms with Gasteiger partial charge < -0.3 is 4.74 Å². The highest BCUT2D eigenvalue weighted by atomic mass is 16.5. The Morgan fingerprint density at radius 3 is 2.86 bits per heavy atom. The molecule has 21 heavy (non-hydrogen) atoms. The number of aromatic nitrogens is 4. The SMILES string of the molecule is CC(C)Oc1cncc(C(=O)c2cnn3ccncc23)c1. The van der Waals surface area contributed by atoms with Crippen LogP contribution in [-0.4, -0.2) is 31.5 Å². The van der Waals surface area contributed by atoms with Crippen LogP contribution in [0.1, 0.15) is 29.8 Å². The summed E-state index contributed by atoms with van der Waals surface area (Å²) in [6.07, 6.45) is 9.61. The number of nitrogens with zero attached hydrogens (tertiary/aromatic N) is 4. The molecule has 3 heterocycles. The van der Waals surface area contributed by atoms with E-state index in [0.717, 1.165) is 0 Å². The van der Waals surface area contributed by atoms with E-state index in [2.05, 4.69) is 15.1 Å². The topological polar surface area (TPSA) is 69.4 Å². The number of carbonyl (C=O) groups excluding carboxylic acids is 1. The Morgan fingerprint density at radius 1 is 1.19 bits per heavy atom. The van der Waals surface area contributed by atoms with Gasteiger partial charge in [-0.05, 0) is 19.9 Å². The lowest BCUT2D eigenvalue weighted by molar-refractivity contribution is 0.103. The normalized spacial score (nSPS) is 11.0. The van der Waals surface area contributed by atoms with Crippen molar-refractivity contribution in [1.29, 1.82) is 0 Å². The smallest absolute Gasteiger partial charge is 0.198 e. The van der Waals surface area contributed by atoms with Gasteiger partial charge in [0.25, 0.3) is 0 Å². The molecule has 0 unspecified atom stereocenters. The van der Waals surface area contributed by atoms with Gasteiger partial charge in [-0.1, -0.05) is 0 Å². The van der Waals surface area contributed by atoms with Gasteiger partial charge in [0.15, 0.2) is 5.78 Å². The second-order valence-corrected chi connectivity index (χ2v) is 4.87. The Kier molecular flexibility index (Phi) is 3.35. The van der Waals surface area contributed by atoms with Crippen LogP contribution >= 0.6 is 0 Å². The van der Waals surface area contributed by atoms with Crippen molar-refractivity contribution in [3.8, 4) is 5.75 Å². The van der Waals surface area contributed by atoms with E-state index in [1.807, 2.05) is 13.8 Å². The first-order chi connectivity index (χ1) is 10.1. The Bertz CT molecular complexity index is 795. The first-order valence-electron chi connectivity index (χ1n) is 6.59. The van der Waals surface area contributed by atoms with Crippen molar-refractivity contribution in [2.45, 2.75) is 20.0 Å². The molecule has 3 aromatic rings. The van der Waals surface area contributed by atoms with Gasteiger partial charge in [0.05, 0.1) is 35.8 Å². The van der Waals surface area contributed by atoms with Gasteiger partial charge in [-0.3, -0.25) is 14.8 Å². The van der Waals surface area contributed by atoms with E-state index in [1.54, 1.807) is 35.4 Å². The summed E-state index contributed by atoms with van der Waals surface area (Å²) >= 11 is 0. The average molecular weight is 282 g/mol. The number of ether oxygens (including phenoxy) is 1. The molecule has 0 bridgehead atoms. The standard InChI is InChI=1S/C15H14N4O2/c1-10(2)21-12-5-11(6-17-7-12)15(20)13-8-18-19-4-3-16-9-14(13)19/h3-10H,1-2H3. The van der Waals surface area contributed by atoms with Gasteiger partial charge in [-0.25, -0.2) is 4.52 Å². The number of hydrogen-bond acceptors (Lipinski definition) is 5. The van der Waals surface area contributed by atoms with Crippen LogP contribution in [0, 0.1) is 0 Å². The van der Waals surface area contributed by atoms with E-state index in [4.69, 9.17) is 4.74 Å². The second-order valence-electron chi connectivity index (χ2n) is 4.87. The van der Waals surface area contributed by atoms with Crippen LogP contribution in [0.2, 0.25) is 0 Å². The van der Waals surface area contributed by atoms with E-state index in [1.165, 1.54) is 12.4 Å². The molecule has 6 nitrogen and oxygen atoms in total. The predicted octanol–water partition coefficient (Wildman–Crippen LogP) is 2.14. The fourth-order valence-corrected chi connectivity index (χ4v) is 2.04. The van der Waals surface area contributed by atoms with Gasteiger partial charge in [0.2, 0.25) is 0 Å². The number of carbonyl (C=O) groups is 1. The van der Waals surface area contributed by atoms with Crippen LogP contribution in [0.5, 0.6) is 5.75 Å². The summed E-state index contributed by atoms with van der Waals surface area (Å²) in [7, 11) is 0. The van der Waals surface area contributed by atoms with Crippen LogP contribution in [0.4, 0.5) is 0 Å². The minimum Gasteiger partial charge on any atom is -0.489 e.